The maximum absolute atomic E-state index is 8.88. The van der Waals surface area contributed by atoms with Gasteiger partial charge in [-0.05, 0) is 0 Å². The Morgan fingerprint density at radius 1 is 0.357 bits per heavy atom. The molecule has 20 nitrogen and oxygen atoms in total. The van der Waals surface area contributed by atoms with Gasteiger partial charge in [-0.15, -0.1) is 0 Å². The molecule has 0 aromatic heterocycles. The van der Waals surface area contributed by atoms with Crippen molar-refractivity contribution < 1.29 is 155 Å². The van der Waals surface area contributed by atoms with E-state index in [1.165, 1.54) is 0 Å². The van der Waals surface area contributed by atoms with Crippen molar-refractivity contribution in [2.75, 3.05) is 0 Å². The Bertz CT molecular complexity index is 379. The fourth-order valence-electron chi connectivity index (χ4n) is 0. The van der Waals surface area contributed by atoms with Gasteiger partial charge in [-0.2, -0.15) is 15.6 Å². The van der Waals surface area contributed by atoms with Crippen molar-refractivity contribution >= 4 is 39.1 Å². The summed E-state index contributed by atoms with van der Waals surface area (Å²) in [6, 6.07) is 0. The second-order valence-electron chi connectivity index (χ2n) is 2.43. The van der Waals surface area contributed by atoms with Gasteiger partial charge in [0.05, 0.1) is 0 Å². The van der Waals surface area contributed by atoms with Gasteiger partial charge in [-0.25, -0.2) is 13.7 Å². The molecule has 28 heavy (non-hydrogen) atoms. The monoisotopic (exact) mass is 676 g/mol. The Balaban J connectivity index is -0.0000000290. The molecule has 0 aliphatic heterocycles. The summed E-state index contributed by atoms with van der Waals surface area (Å²) < 4.78 is 43.7. The molecule has 0 amide bonds. The molecule has 0 saturated carbocycles. The number of hydrogen-bond acceptors (Lipinski definition) is 11. The van der Waals surface area contributed by atoms with Crippen LogP contribution in [0.4, 0.5) is 0 Å². The summed E-state index contributed by atoms with van der Waals surface area (Å²) in [4.78, 5) is 116. The van der Waals surface area contributed by atoms with Crippen LogP contribution >= 0.6 is 39.1 Å². The first-order chi connectivity index (χ1) is 10.0. The van der Waals surface area contributed by atoms with E-state index in [2.05, 4.69) is 0 Å². The zero-order chi connectivity index (χ0) is 22.5. The molecule has 0 rings (SSSR count). The minimum atomic E-state index is -5.39. The van der Waals surface area contributed by atoms with Gasteiger partial charge in [0.2, 0.25) is 0 Å². The summed E-state index contributed by atoms with van der Waals surface area (Å²) in [5, 5.41) is 0. The topological polar surface area (TPSA) is 406 Å². The third kappa shape index (κ3) is 3650. The van der Waals surface area contributed by atoms with Crippen LogP contribution < -0.4 is 29.4 Å². The molecule has 9 N–H and O–H groups in total. The first-order valence-electron chi connectivity index (χ1n) is 3.81. The summed E-state index contributed by atoms with van der Waals surface area (Å²) in [6.45, 7) is 0. The molecule has 0 aliphatic rings. The van der Waals surface area contributed by atoms with Gasteiger partial charge < -0.3 is 82.5 Å². The number of hydrogen-bond donors (Lipinski definition) is 9. The molecule has 160 valence electrons. The van der Waals surface area contributed by atoms with Gasteiger partial charge in [0.1, 0.15) is 0 Å². The molecule has 0 radical (unpaired) electrons. The third-order valence-corrected chi connectivity index (χ3v) is 0. The minimum Gasteiger partial charge on any atom is -0.822 e. The van der Waals surface area contributed by atoms with Crippen LogP contribution in [0.5, 0.6) is 0 Å². The Kier molecular flexibility index (Phi) is 42.3. The van der Waals surface area contributed by atoms with Crippen molar-refractivity contribution in [2.24, 2.45) is 0 Å². The van der Waals surface area contributed by atoms with E-state index in [0.717, 1.165) is 0 Å². The van der Waals surface area contributed by atoms with Crippen LogP contribution in [0.1, 0.15) is 0 Å². The van der Waals surface area contributed by atoms with Crippen LogP contribution in [0.15, 0.2) is 0 Å². The zero-order valence-corrected chi connectivity index (χ0v) is 26.2. The van der Waals surface area contributed by atoms with E-state index in [4.69, 9.17) is 96.2 Å². The maximum atomic E-state index is 8.88. The van der Waals surface area contributed by atoms with E-state index in [0.29, 0.717) is 0 Å². The molecule has 0 saturated heterocycles. The maximum Gasteiger partial charge on any atom is 2.00 e. The average molecular weight is 680 g/mol. The van der Waals surface area contributed by atoms with Gasteiger partial charge in [-0.3, -0.25) is 0 Å². The molecular formula is H9O20P5Zn3. The van der Waals surface area contributed by atoms with Crippen molar-refractivity contribution in [3.8, 4) is 0 Å². The summed E-state index contributed by atoms with van der Waals surface area (Å²) >= 11 is 0. The second-order valence-corrected chi connectivity index (χ2v) is 7.30. The smallest absolute Gasteiger partial charge is 0.822 e. The third-order valence-electron chi connectivity index (χ3n) is 0. The van der Waals surface area contributed by atoms with Crippen molar-refractivity contribution in [1.82, 2.24) is 0 Å². The van der Waals surface area contributed by atoms with Gasteiger partial charge >= 0.3 is 81.9 Å². The fourth-order valence-corrected chi connectivity index (χ4v) is 0. The van der Waals surface area contributed by atoms with Crippen LogP contribution in [-0.4, -0.2) is 44.0 Å². The summed E-state index contributed by atoms with van der Waals surface area (Å²) in [7, 11) is -24.7. The molecule has 0 fully saturated rings. The molecule has 0 aromatic carbocycles. The van der Waals surface area contributed by atoms with E-state index < -0.39 is 39.1 Å². The van der Waals surface area contributed by atoms with Crippen LogP contribution in [0, 0.1) is 0 Å². The molecule has 0 bridgehead atoms. The van der Waals surface area contributed by atoms with E-state index in [-0.39, 0.29) is 58.4 Å². The van der Waals surface area contributed by atoms with Crippen molar-refractivity contribution in [2.45, 2.75) is 0 Å². The van der Waals surface area contributed by atoms with E-state index in [9.17, 15) is 0 Å². The molecule has 0 aliphatic carbocycles. The normalized spacial score (nSPS) is 10.5. The molecule has 0 aromatic rings. The molecule has 0 spiro atoms. The molecule has 0 heterocycles. The van der Waals surface area contributed by atoms with Crippen molar-refractivity contribution in [3.63, 3.8) is 0 Å². The average Bonchev–Trinajstić information content (AvgIpc) is 1.79. The van der Waals surface area contributed by atoms with Crippen LogP contribution in [-0.2, 0) is 81.3 Å². The summed E-state index contributed by atoms with van der Waals surface area (Å²) in [6.07, 6.45) is 0. The van der Waals surface area contributed by atoms with Crippen LogP contribution in [0.2, 0.25) is 0 Å². The second kappa shape index (κ2) is 22.6. The zero-order valence-electron chi connectivity index (χ0n) is 12.9. The number of phosphoric acid groups is 5. The molecule has 28 heteroatoms. The SMILES string of the molecule is O=P(O)(O)O.O=P(O)(O)O.O=P(O)(O)O.O=P([O-])([O-])[O-].O=P([O-])([O-])[O-].[Zn+2].[Zn+2].[Zn+2]. The Hall–Kier alpha value is 2.42. The van der Waals surface area contributed by atoms with Crippen LogP contribution in [0.25, 0.3) is 0 Å². The van der Waals surface area contributed by atoms with E-state index in [1.807, 2.05) is 0 Å². The van der Waals surface area contributed by atoms with Crippen molar-refractivity contribution in [3.05, 3.63) is 0 Å². The first-order valence-corrected chi connectivity index (χ1v) is 11.4. The Morgan fingerprint density at radius 2 is 0.357 bits per heavy atom. The summed E-state index contributed by atoms with van der Waals surface area (Å²) in [5.41, 5.74) is 0. The van der Waals surface area contributed by atoms with E-state index >= 15 is 0 Å². The van der Waals surface area contributed by atoms with Gasteiger partial charge in [0, 0.05) is 0 Å². The molecule has 0 unspecified atom stereocenters. The first kappa shape index (κ1) is 52.4. The molecule has 0 atom stereocenters. The quantitative estimate of drug-likeness (QED) is 0.0847. The fraction of sp³-hybridized carbons (Fsp3) is 0. The van der Waals surface area contributed by atoms with Crippen LogP contribution in [0.3, 0.4) is 0 Å². The minimum absolute atomic E-state index is 0. The Morgan fingerprint density at radius 3 is 0.357 bits per heavy atom. The van der Waals surface area contributed by atoms with Gasteiger partial charge in [0.25, 0.3) is 0 Å². The van der Waals surface area contributed by atoms with Crippen molar-refractivity contribution in [1.29, 1.82) is 0 Å². The summed E-state index contributed by atoms with van der Waals surface area (Å²) in [5.74, 6) is 0. The van der Waals surface area contributed by atoms with Gasteiger partial charge in [0.15, 0.2) is 0 Å². The van der Waals surface area contributed by atoms with E-state index in [1.54, 1.807) is 0 Å². The number of rotatable bonds is 0. The Labute approximate surface area is 193 Å². The molecular weight excluding hydrogens is 671 g/mol. The largest absolute Gasteiger partial charge is 2.00 e. The van der Waals surface area contributed by atoms with Gasteiger partial charge in [-0.1, -0.05) is 0 Å². The predicted molar refractivity (Wildman–Crippen MR) is 58.0 cm³/mol. The standard InChI is InChI=1S/5H3O4P.3Zn/c5*1-5(2,3)4;;;/h5*(H3,1,2,3,4);;;/q;;;;;3*+2/p-6. The predicted octanol–water partition coefficient (Wildman–Crippen LogP) is -8.44.